The third-order valence-corrected chi connectivity index (χ3v) is 9.11. The van der Waals surface area contributed by atoms with Gasteiger partial charge in [0.25, 0.3) is 10.0 Å². The van der Waals surface area contributed by atoms with Gasteiger partial charge in [-0.25, -0.2) is 17.9 Å². The van der Waals surface area contributed by atoms with E-state index in [2.05, 4.69) is 16.6 Å². The molecule has 0 saturated carbocycles. The van der Waals surface area contributed by atoms with Crippen LogP contribution in [0.2, 0.25) is 0 Å². The van der Waals surface area contributed by atoms with Gasteiger partial charge in [0.2, 0.25) is 5.79 Å². The number of nitrogens with one attached hydrogen (secondary N) is 1. The van der Waals surface area contributed by atoms with E-state index in [1.807, 2.05) is 4.72 Å². The Balaban J connectivity index is 1.46. The number of benzene rings is 1. The van der Waals surface area contributed by atoms with Gasteiger partial charge in [-0.3, -0.25) is 9.69 Å². The molecule has 3 heterocycles. The van der Waals surface area contributed by atoms with E-state index >= 15 is 0 Å². The standard InChI is InChI=1S/C30H46N2O11S/c1-5-6-7-8-9-16-39-21-30-27(42-29(2,3)43-30)26(24(41-30)20-32-14-17-38-18-15-32)40-28(34)31-44(35,36)23-12-10-22(11-13-23)19-25(33)37-4/h10-13,24,26-27H,5-9,14-21H2,1-4H3,(H,31,34)/t24-,26+,27-,30-/m0/s1. The summed E-state index contributed by atoms with van der Waals surface area (Å²) < 4.78 is 69.0. The summed E-state index contributed by atoms with van der Waals surface area (Å²) in [6.45, 7) is 9.06. The Morgan fingerprint density at radius 2 is 1.75 bits per heavy atom. The lowest BCUT2D eigenvalue weighted by Crippen LogP contribution is -2.48. The lowest BCUT2D eigenvalue weighted by Gasteiger charge is -2.32. The summed E-state index contributed by atoms with van der Waals surface area (Å²) in [6, 6.07) is 5.55. The number of hydrogen-bond donors (Lipinski definition) is 1. The topological polar surface area (TPSA) is 148 Å². The summed E-state index contributed by atoms with van der Waals surface area (Å²) >= 11 is 0. The number of esters is 1. The second-order valence-corrected chi connectivity index (χ2v) is 13.4. The first kappa shape index (κ1) is 34.5. The number of sulfonamides is 1. The van der Waals surface area contributed by atoms with Gasteiger partial charge in [-0.05, 0) is 38.0 Å². The molecular formula is C30H46N2O11S. The molecule has 3 aliphatic heterocycles. The Hall–Kier alpha value is -2.33. The van der Waals surface area contributed by atoms with Crippen LogP contribution in [0.15, 0.2) is 29.2 Å². The van der Waals surface area contributed by atoms with Crippen LogP contribution in [0.4, 0.5) is 4.79 Å². The lowest BCUT2D eigenvalue weighted by atomic mass is 10.0. The molecular weight excluding hydrogens is 596 g/mol. The van der Waals surface area contributed by atoms with Crippen LogP contribution in [0.25, 0.3) is 0 Å². The Morgan fingerprint density at radius 1 is 1.05 bits per heavy atom. The van der Waals surface area contributed by atoms with E-state index in [1.54, 1.807) is 13.8 Å². The first-order chi connectivity index (χ1) is 21.0. The second kappa shape index (κ2) is 15.3. The van der Waals surface area contributed by atoms with Crippen molar-refractivity contribution in [3.8, 4) is 0 Å². The smallest absolute Gasteiger partial charge is 0.421 e. The zero-order valence-corrected chi connectivity index (χ0v) is 26.9. The predicted molar refractivity (Wildman–Crippen MR) is 157 cm³/mol. The third-order valence-electron chi connectivity index (χ3n) is 7.79. The minimum Gasteiger partial charge on any atom is -0.469 e. The van der Waals surface area contributed by atoms with Crippen molar-refractivity contribution in [1.82, 2.24) is 9.62 Å². The molecule has 44 heavy (non-hydrogen) atoms. The number of methoxy groups -OCH3 is 1. The van der Waals surface area contributed by atoms with Gasteiger partial charge < -0.3 is 33.2 Å². The molecule has 0 bridgehead atoms. The Bertz CT molecular complexity index is 1200. The molecule has 0 radical (unpaired) electrons. The van der Waals surface area contributed by atoms with Gasteiger partial charge in [0.1, 0.15) is 12.7 Å². The Morgan fingerprint density at radius 3 is 2.43 bits per heavy atom. The fraction of sp³-hybridized carbons (Fsp3) is 0.733. The molecule has 1 amide bonds. The van der Waals surface area contributed by atoms with Crippen LogP contribution in [-0.4, -0.2) is 108 Å². The van der Waals surface area contributed by atoms with E-state index in [4.69, 9.17) is 28.4 Å². The Kier molecular flexibility index (Phi) is 12.0. The number of fused-ring (bicyclic) bond motifs is 1. The summed E-state index contributed by atoms with van der Waals surface area (Å²) in [5.74, 6) is -2.86. The highest BCUT2D eigenvalue weighted by atomic mass is 32.2. The molecule has 248 valence electrons. The highest BCUT2D eigenvalue weighted by Gasteiger charge is 2.66. The summed E-state index contributed by atoms with van der Waals surface area (Å²) in [6.07, 6.45) is 1.70. The van der Waals surface area contributed by atoms with Crippen molar-refractivity contribution < 1.29 is 51.2 Å². The zero-order chi connectivity index (χ0) is 31.8. The summed E-state index contributed by atoms with van der Waals surface area (Å²) in [5.41, 5.74) is 0.563. The van der Waals surface area contributed by atoms with Crippen LogP contribution in [0.3, 0.4) is 0 Å². The number of ether oxygens (including phenoxy) is 7. The van der Waals surface area contributed by atoms with Crippen molar-refractivity contribution >= 4 is 22.1 Å². The number of unbranched alkanes of at least 4 members (excludes halogenated alkanes) is 4. The van der Waals surface area contributed by atoms with E-state index in [0.717, 1.165) is 25.7 Å². The number of carbonyl (C=O) groups is 2. The van der Waals surface area contributed by atoms with Crippen molar-refractivity contribution in [1.29, 1.82) is 0 Å². The average Bonchev–Trinajstić information content (AvgIpc) is 3.39. The maximum absolute atomic E-state index is 13.1. The predicted octanol–water partition coefficient (Wildman–Crippen LogP) is 2.75. The van der Waals surface area contributed by atoms with Crippen LogP contribution in [0, 0.1) is 0 Å². The van der Waals surface area contributed by atoms with Gasteiger partial charge in [0.15, 0.2) is 18.0 Å². The number of morpholine rings is 1. The molecule has 3 saturated heterocycles. The molecule has 3 fully saturated rings. The molecule has 4 atom stereocenters. The van der Waals surface area contributed by atoms with Crippen molar-refractivity contribution in [2.45, 2.75) is 94.1 Å². The first-order valence-electron chi connectivity index (χ1n) is 15.3. The highest BCUT2D eigenvalue weighted by Crippen LogP contribution is 2.47. The number of hydrogen-bond acceptors (Lipinski definition) is 12. The molecule has 13 nitrogen and oxygen atoms in total. The van der Waals surface area contributed by atoms with Gasteiger partial charge >= 0.3 is 12.1 Å². The van der Waals surface area contributed by atoms with Gasteiger partial charge in [-0.2, -0.15) is 0 Å². The van der Waals surface area contributed by atoms with Gasteiger partial charge in [-0.1, -0.05) is 44.7 Å². The molecule has 3 aliphatic rings. The molecule has 14 heteroatoms. The minimum absolute atomic E-state index is 0.0113. The van der Waals surface area contributed by atoms with Crippen LogP contribution >= 0.6 is 0 Å². The molecule has 0 unspecified atom stereocenters. The molecule has 0 aliphatic carbocycles. The fourth-order valence-corrected chi connectivity index (χ4v) is 6.53. The molecule has 0 aromatic heterocycles. The van der Waals surface area contributed by atoms with Crippen LogP contribution < -0.4 is 4.72 Å². The second-order valence-electron chi connectivity index (χ2n) is 11.8. The molecule has 0 spiro atoms. The van der Waals surface area contributed by atoms with E-state index in [1.165, 1.54) is 37.8 Å². The van der Waals surface area contributed by atoms with Crippen molar-refractivity contribution in [2.24, 2.45) is 0 Å². The lowest BCUT2D eigenvalue weighted by molar-refractivity contribution is -0.279. The van der Waals surface area contributed by atoms with Crippen LogP contribution in [0.5, 0.6) is 0 Å². The maximum atomic E-state index is 13.1. The van der Waals surface area contributed by atoms with E-state index in [9.17, 15) is 18.0 Å². The van der Waals surface area contributed by atoms with Gasteiger partial charge in [0.05, 0.1) is 31.6 Å². The monoisotopic (exact) mass is 642 g/mol. The molecule has 1 aromatic rings. The third kappa shape index (κ3) is 9.12. The molecule has 1 N–H and O–H groups in total. The van der Waals surface area contributed by atoms with Crippen molar-refractivity contribution in [3.63, 3.8) is 0 Å². The van der Waals surface area contributed by atoms with E-state index < -0.39 is 52.0 Å². The van der Waals surface area contributed by atoms with E-state index in [-0.39, 0.29) is 17.9 Å². The number of nitrogens with zero attached hydrogens (tertiary/aromatic N) is 1. The van der Waals surface area contributed by atoms with Crippen molar-refractivity contribution in [3.05, 3.63) is 29.8 Å². The van der Waals surface area contributed by atoms with Crippen molar-refractivity contribution in [2.75, 3.05) is 53.2 Å². The minimum atomic E-state index is -4.29. The summed E-state index contributed by atoms with van der Waals surface area (Å²) in [4.78, 5) is 26.6. The number of amides is 1. The van der Waals surface area contributed by atoms with Crippen LogP contribution in [0.1, 0.15) is 58.4 Å². The number of carbonyl (C=O) groups excluding carboxylic acids is 2. The number of rotatable bonds is 15. The summed E-state index contributed by atoms with van der Waals surface area (Å²) in [5, 5.41) is 0. The van der Waals surface area contributed by atoms with E-state index in [0.29, 0.717) is 45.0 Å². The zero-order valence-electron chi connectivity index (χ0n) is 26.1. The molecule has 4 rings (SSSR count). The molecule has 1 aromatic carbocycles. The first-order valence-corrected chi connectivity index (χ1v) is 16.8. The quantitative estimate of drug-likeness (QED) is 0.222. The highest BCUT2D eigenvalue weighted by molar-refractivity contribution is 7.90. The van der Waals surface area contributed by atoms with Crippen LogP contribution in [-0.2, 0) is 54.4 Å². The summed E-state index contributed by atoms with van der Waals surface area (Å²) in [7, 11) is -3.02. The van der Waals surface area contributed by atoms with Gasteiger partial charge in [-0.15, -0.1) is 0 Å². The maximum Gasteiger partial charge on any atom is 0.421 e. The average molecular weight is 643 g/mol. The largest absolute Gasteiger partial charge is 0.469 e. The fourth-order valence-electron chi connectivity index (χ4n) is 5.65. The van der Waals surface area contributed by atoms with Gasteiger partial charge in [0, 0.05) is 26.2 Å². The SMILES string of the molecule is CCCCCCCOC[C@@]12O[C@@H](CN3CCOCC3)[C@@H](OC(=O)NS(=O)(=O)c3ccc(CC(=O)OC)cc3)[C@@H]1OC(C)(C)O2. The normalized spacial score (nSPS) is 26.7. The Labute approximate surface area is 259 Å².